The zero-order chi connectivity index (χ0) is 13.4. The first-order valence-corrected chi connectivity index (χ1v) is 7.37. The highest BCUT2D eigenvalue weighted by molar-refractivity contribution is 6.31. The molecule has 0 aliphatic heterocycles. The van der Waals surface area contributed by atoms with Crippen LogP contribution in [0.25, 0.3) is 0 Å². The highest BCUT2D eigenvalue weighted by Gasteiger charge is 2.25. The van der Waals surface area contributed by atoms with Crippen LogP contribution in [0.2, 0.25) is 5.02 Å². The van der Waals surface area contributed by atoms with Crippen molar-refractivity contribution in [3.05, 3.63) is 69.7 Å². The van der Waals surface area contributed by atoms with Gasteiger partial charge in [-0.05, 0) is 54.0 Å². The van der Waals surface area contributed by atoms with E-state index in [0.29, 0.717) is 5.92 Å². The Kier molecular flexibility index (Phi) is 3.36. The van der Waals surface area contributed by atoms with Crippen LogP contribution in [0.4, 0.5) is 0 Å². The van der Waals surface area contributed by atoms with Gasteiger partial charge in [0, 0.05) is 10.9 Å². The van der Waals surface area contributed by atoms with Crippen LogP contribution in [0.3, 0.4) is 0 Å². The molecule has 0 saturated carbocycles. The highest BCUT2D eigenvalue weighted by Crippen LogP contribution is 2.39. The third-order valence-electron chi connectivity index (χ3n) is 4.22. The third-order valence-corrected chi connectivity index (χ3v) is 4.65. The zero-order valence-electron chi connectivity index (χ0n) is 11.5. The molecule has 2 aromatic carbocycles. The maximum absolute atomic E-state index is 6.15. The second-order valence-corrected chi connectivity index (χ2v) is 6.21. The van der Waals surface area contributed by atoms with E-state index in [0.717, 1.165) is 10.9 Å². The minimum Gasteiger partial charge on any atom is -0.0841 e. The Morgan fingerprint density at radius 1 is 1.11 bits per heavy atom. The Morgan fingerprint density at radius 2 is 1.89 bits per heavy atom. The molecule has 0 bridgehead atoms. The summed E-state index contributed by atoms with van der Waals surface area (Å²) in [4.78, 5) is 0. The topological polar surface area (TPSA) is 0 Å². The maximum Gasteiger partial charge on any atom is 0.0435 e. The van der Waals surface area contributed by atoms with E-state index >= 15 is 0 Å². The summed E-state index contributed by atoms with van der Waals surface area (Å²) in [5.74, 6) is 1.27. The van der Waals surface area contributed by atoms with Gasteiger partial charge in [0.1, 0.15) is 0 Å². The molecule has 1 aliphatic rings. The van der Waals surface area contributed by atoms with E-state index in [1.54, 1.807) is 0 Å². The molecule has 0 aromatic heterocycles. The molecule has 0 spiro atoms. The van der Waals surface area contributed by atoms with E-state index < -0.39 is 0 Å². The van der Waals surface area contributed by atoms with Gasteiger partial charge in [-0.3, -0.25) is 0 Å². The molecule has 19 heavy (non-hydrogen) atoms. The van der Waals surface area contributed by atoms with Gasteiger partial charge < -0.3 is 0 Å². The molecule has 0 radical (unpaired) electrons. The third kappa shape index (κ3) is 2.42. The fraction of sp³-hybridized carbons (Fsp3) is 0.333. The fourth-order valence-electron chi connectivity index (χ4n) is 3.25. The first kappa shape index (κ1) is 12.7. The number of halogens is 1. The Hall–Kier alpha value is -1.27. The van der Waals surface area contributed by atoms with Gasteiger partial charge in [0.15, 0.2) is 0 Å². The van der Waals surface area contributed by atoms with Gasteiger partial charge in [-0.2, -0.15) is 0 Å². The van der Waals surface area contributed by atoms with Crippen LogP contribution in [0.1, 0.15) is 41.5 Å². The van der Waals surface area contributed by atoms with Crippen LogP contribution in [0.5, 0.6) is 0 Å². The smallest absolute Gasteiger partial charge is 0.0435 e. The van der Waals surface area contributed by atoms with Crippen molar-refractivity contribution in [1.82, 2.24) is 0 Å². The van der Waals surface area contributed by atoms with Gasteiger partial charge >= 0.3 is 0 Å². The van der Waals surface area contributed by atoms with Crippen molar-refractivity contribution in [1.29, 1.82) is 0 Å². The number of benzene rings is 2. The van der Waals surface area contributed by atoms with E-state index in [9.17, 15) is 0 Å². The molecule has 0 fully saturated rings. The van der Waals surface area contributed by atoms with Gasteiger partial charge in [0.2, 0.25) is 0 Å². The number of hydrogen-bond donors (Lipinski definition) is 0. The number of fused-ring (bicyclic) bond motifs is 1. The van der Waals surface area contributed by atoms with Crippen LogP contribution in [0, 0.1) is 12.8 Å². The Morgan fingerprint density at radius 3 is 2.68 bits per heavy atom. The molecule has 0 N–H and O–H groups in total. The first-order chi connectivity index (χ1) is 9.15. The largest absolute Gasteiger partial charge is 0.0841 e. The van der Waals surface area contributed by atoms with Crippen molar-refractivity contribution in [2.45, 2.75) is 32.6 Å². The lowest BCUT2D eigenvalue weighted by molar-refractivity contribution is 0.464. The second-order valence-electron chi connectivity index (χ2n) is 5.81. The summed E-state index contributed by atoms with van der Waals surface area (Å²) >= 11 is 6.15. The number of rotatable bonds is 1. The standard InChI is InChI=1S/C18H19Cl/c1-12-9-14-5-3-4-6-16(14)17(10-12)15-7-8-18(19)13(2)11-15/h3-8,11-12,17H,9-10H2,1-2H3/t12-,17-/m1/s1. The van der Waals surface area contributed by atoms with E-state index in [2.05, 4.69) is 50.2 Å². The second kappa shape index (κ2) is 5.02. The minimum absolute atomic E-state index is 0.524. The van der Waals surface area contributed by atoms with Gasteiger partial charge in [0.25, 0.3) is 0 Å². The Labute approximate surface area is 120 Å². The van der Waals surface area contributed by atoms with Crippen LogP contribution in [0.15, 0.2) is 42.5 Å². The molecule has 0 unspecified atom stereocenters. The summed E-state index contributed by atoms with van der Waals surface area (Å²) in [6.07, 6.45) is 2.44. The first-order valence-electron chi connectivity index (χ1n) is 6.99. The van der Waals surface area contributed by atoms with Crippen molar-refractivity contribution >= 4 is 11.6 Å². The SMILES string of the molecule is Cc1cc([C@H]2C[C@H](C)Cc3ccccc32)ccc1Cl. The molecule has 1 heteroatoms. The van der Waals surface area contributed by atoms with Crippen LogP contribution >= 0.6 is 11.6 Å². The van der Waals surface area contributed by atoms with Crippen LogP contribution in [-0.4, -0.2) is 0 Å². The average Bonchev–Trinajstić information content (AvgIpc) is 2.41. The van der Waals surface area contributed by atoms with Crippen LogP contribution in [-0.2, 0) is 6.42 Å². The molecule has 2 aromatic rings. The minimum atomic E-state index is 0.524. The molecule has 2 atom stereocenters. The Bertz CT molecular complexity index is 600. The Balaban J connectivity index is 2.07. The zero-order valence-corrected chi connectivity index (χ0v) is 12.2. The van der Waals surface area contributed by atoms with E-state index in [4.69, 9.17) is 11.6 Å². The fourth-order valence-corrected chi connectivity index (χ4v) is 3.37. The lowest BCUT2D eigenvalue weighted by Gasteiger charge is -2.30. The molecule has 0 saturated heterocycles. The molecular weight excluding hydrogens is 252 g/mol. The molecular formula is C18H19Cl. The van der Waals surface area contributed by atoms with Gasteiger partial charge in [-0.1, -0.05) is 54.9 Å². The number of hydrogen-bond acceptors (Lipinski definition) is 0. The monoisotopic (exact) mass is 270 g/mol. The molecule has 0 nitrogen and oxygen atoms in total. The average molecular weight is 271 g/mol. The summed E-state index contributed by atoms with van der Waals surface area (Å²) in [6.45, 7) is 4.44. The van der Waals surface area contributed by atoms with Crippen molar-refractivity contribution in [3.8, 4) is 0 Å². The molecule has 3 rings (SSSR count). The number of aryl methyl sites for hydroxylation is 1. The summed E-state index contributed by atoms with van der Waals surface area (Å²) in [5.41, 5.74) is 5.59. The van der Waals surface area contributed by atoms with Gasteiger partial charge in [-0.15, -0.1) is 0 Å². The van der Waals surface area contributed by atoms with Crippen molar-refractivity contribution in [2.24, 2.45) is 5.92 Å². The van der Waals surface area contributed by atoms with Gasteiger partial charge in [0.05, 0.1) is 0 Å². The summed E-state index contributed by atoms with van der Waals surface area (Å²) in [7, 11) is 0. The van der Waals surface area contributed by atoms with E-state index in [1.165, 1.54) is 35.1 Å². The van der Waals surface area contributed by atoms with E-state index in [-0.39, 0.29) is 0 Å². The predicted molar refractivity (Wildman–Crippen MR) is 82.0 cm³/mol. The van der Waals surface area contributed by atoms with Crippen molar-refractivity contribution in [2.75, 3.05) is 0 Å². The molecule has 0 amide bonds. The lowest BCUT2D eigenvalue weighted by atomic mass is 9.74. The lowest BCUT2D eigenvalue weighted by Crippen LogP contribution is -2.17. The quantitative estimate of drug-likeness (QED) is 0.654. The highest BCUT2D eigenvalue weighted by atomic mass is 35.5. The molecule has 1 aliphatic carbocycles. The van der Waals surface area contributed by atoms with Crippen LogP contribution < -0.4 is 0 Å². The van der Waals surface area contributed by atoms with Crippen molar-refractivity contribution < 1.29 is 0 Å². The summed E-state index contributed by atoms with van der Waals surface area (Å²) in [6, 6.07) is 15.4. The predicted octanol–water partition coefficient (Wildman–Crippen LogP) is 5.36. The molecule has 98 valence electrons. The summed E-state index contributed by atoms with van der Waals surface area (Å²) < 4.78 is 0. The molecule has 0 heterocycles. The summed E-state index contributed by atoms with van der Waals surface area (Å²) in [5, 5.41) is 0.862. The van der Waals surface area contributed by atoms with Crippen molar-refractivity contribution in [3.63, 3.8) is 0 Å². The van der Waals surface area contributed by atoms with Gasteiger partial charge in [-0.25, -0.2) is 0 Å². The normalized spacial score (nSPS) is 22.1. The maximum atomic E-state index is 6.15. The van der Waals surface area contributed by atoms with E-state index in [1.807, 2.05) is 6.07 Å².